The lowest BCUT2D eigenvalue weighted by Gasteiger charge is -2.43. The molecule has 3 amide bonds. The number of halogens is 2. The molecule has 2 aliphatic carbocycles. The number of anilines is 1. The van der Waals surface area contributed by atoms with Crippen LogP contribution in [0.3, 0.4) is 0 Å². The van der Waals surface area contributed by atoms with Crippen molar-refractivity contribution in [1.82, 2.24) is 9.88 Å². The van der Waals surface area contributed by atoms with Crippen molar-refractivity contribution in [1.29, 1.82) is 0 Å². The molecule has 1 saturated heterocycles. The van der Waals surface area contributed by atoms with E-state index in [0.29, 0.717) is 33.5 Å². The van der Waals surface area contributed by atoms with Gasteiger partial charge in [0.25, 0.3) is 5.91 Å². The number of nitrogens with one attached hydrogen (secondary N) is 2. The number of ether oxygens (including phenoxy) is 1. The number of fused-ring (bicyclic) bond motifs is 9. The zero-order chi connectivity index (χ0) is 30.9. The van der Waals surface area contributed by atoms with Crippen LogP contribution in [-0.4, -0.2) is 57.1 Å². The number of thioether (sulfide) groups is 1. The molecular weight excluding hydrogens is 633 g/mol. The third kappa shape index (κ3) is 4.81. The number of carboxylic acid groups (broad SMARTS) is 1. The lowest BCUT2D eigenvalue weighted by Crippen LogP contribution is -2.42. The van der Waals surface area contributed by atoms with Crippen LogP contribution in [0.1, 0.15) is 29.2 Å². The molecule has 2 bridgehead atoms. The smallest absolute Gasteiger partial charge is 0.305 e. The Morgan fingerprint density at radius 3 is 2.55 bits per heavy atom. The summed E-state index contributed by atoms with van der Waals surface area (Å²) in [6.07, 6.45) is 0.349. The third-order valence-corrected chi connectivity index (χ3v) is 12.0. The zero-order valence-electron chi connectivity index (χ0n) is 22.8. The quantitative estimate of drug-likeness (QED) is 0.306. The molecule has 0 spiro atoms. The molecule has 0 radical (unpaired) electrons. The number of rotatable bonds is 8. The van der Waals surface area contributed by atoms with E-state index >= 15 is 0 Å². The second kappa shape index (κ2) is 11.0. The number of thiazole rings is 1. The van der Waals surface area contributed by atoms with Crippen LogP contribution in [0, 0.1) is 35.4 Å². The highest BCUT2D eigenvalue weighted by atomic mass is 35.5. The van der Waals surface area contributed by atoms with Gasteiger partial charge in [-0.3, -0.25) is 28.9 Å². The van der Waals surface area contributed by atoms with Crippen LogP contribution in [-0.2, 0) is 19.2 Å². The van der Waals surface area contributed by atoms with E-state index in [1.54, 1.807) is 18.2 Å². The van der Waals surface area contributed by atoms with Gasteiger partial charge in [-0.05, 0) is 66.6 Å². The Bertz CT molecular complexity index is 1760. The Labute approximate surface area is 262 Å². The molecule has 3 N–H and O–H groups in total. The molecule has 2 aliphatic heterocycles. The van der Waals surface area contributed by atoms with Gasteiger partial charge in [0.15, 0.2) is 6.61 Å². The number of carbonyl (C=O) groups is 4. The number of hydrogen-bond donors (Lipinski definition) is 3. The summed E-state index contributed by atoms with van der Waals surface area (Å²) in [6, 6.07) is 10.4. The van der Waals surface area contributed by atoms with Crippen LogP contribution in [0.25, 0.3) is 0 Å². The summed E-state index contributed by atoms with van der Waals surface area (Å²) in [7, 11) is 0. The van der Waals surface area contributed by atoms with Crippen molar-refractivity contribution in [2.24, 2.45) is 29.6 Å². The molecule has 14 heteroatoms. The topological polar surface area (TPSA) is 146 Å². The van der Waals surface area contributed by atoms with Gasteiger partial charge < -0.3 is 20.1 Å². The number of imide groups is 1. The molecule has 4 aliphatic rings. The number of aliphatic carboxylic acids is 1. The van der Waals surface area contributed by atoms with Gasteiger partial charge in [-0.1, -0.05) is 22.9 Å². The Morgan fingerprint density at radius 2 is 1.82 bits per heavy atom. The summed E-state index contributed by atoms with van der Waals surface area (Å²) in [5.74, 6) is -4.16. The molecule has 3 fully saturated rings. The van der Waals surface area contributed by atoms with E-state index in [1.807, 2.05) is 0 Å². The van der Waals surface area contributed by atoms with E-state index in [2.05, 4.69) is 10.3 Å². The minimum Gasteiger partial charge on any atom is -0.483 e. The van der Waals surface area contributed by atoms with Crippen molar-refractivity contribution < 1.29 is 33.4 Å². The first-order valence-electron chi connectivity index (χ1n) is 14.0. The van der Waals surface area contributed by atoms with E-state index in [-0.39, 0.29) is 59.3 Å². The number of nitrogens with zero attached hydrogens (tertiary/aromatic N) is 1. The molecule has 44 heavy (non-hydrogen) atoms. The third-order valence-electron chi connectivity index (χ3n) is 9.16. The summed E-state index contributed by atoms with van der Waals surface area (Å²) in [5.41, 5.74) is 1.08. The minimum atomic E-state index is -1.08. The van der Waals surface area contributed by atoms with Crippen LogP contribution < -0.4 is 14.9 Å². The number of H-pyrrole nitrogens is 1. The highest BCUT2D eigenvalue weighted by molar-refractivity contribution is 8.00. The first kappa shape index (κ1) is 29.1. The van der Waals surface area contributed by atoms with Crippen LogP contribution in [0.5, 0.6) is 5.75 Å². The molecule has 1 aromatic heterocycles. The fourth-order valence-electron chi connectivity index (χ4n) is 7.62. The molecule has 3 aromatic rings. The van der Waals surface area contributed by atoms with Crippen molar-refractivity contribution in [3.05, 3.63) is 73.4 Å². The monoisotopic (exact) mass is 657 g/mol. The second-order valence-corrected chi connectivity index (χ2v) is 14.1. The molecule has 2 saturated carbocycles. The number of likely N-dealkylation sites (tertiary alicyclic amines) is 1. The summed E-state index contributed by atoms with van der Waals surface area (Å²) in [6.45, 7) is -0.502. The van der Waals surface area contributed by atoms with Crippen molar-refractivity contribution >= 4 is 64.1 Å². The van der Waals surface area contributed by atoms with Gasteiger partial charge in [-0.15, -0.1) is 11.8 Å². The number of hydrogen-bond acceptors (Lipinski definition) is 8. The highest BCUT2D eigenvalue weighted by Crippen LogP contribution is 2.69. The van der Waals surface area contributed by atoms with E-state index in [1.165, 1.54) is 36.0 Å². The fraction of sp³-hybridized carbons (Fsp3) is 0.367. The van der Waals surface area contributed by atoms with Gasteiger partial charge in [0.05, 0.1) is 23.3 Å². The van der Waals surface area contributed by atoms with Gasteiger partial charge in [0.1, 0.15) is 11.6 Å². The molecule has 7 rings (SSSR count). The lowest BCUT2D eigenvalue weighted by atomic mass is 9.68. The maximum Gasteiger partial charge on any atom is 0.305 e. The Kier molecular flexibility index (Phi) is 7.29. The van der Waals surface area contributed by atoms with Crippen LogP contribution >= 0.6 is 34.7 Å². The summed E-state index contributed by atoms with van der Waals surface area (Å²) in [5, 5.41) is 12.9. The highest BCUT2D eigenvalue weighted by Gasteiger charge is 2.69. The van der Waals surface area contributed by atoms with Crippen LogP contribution in [0.15, 0.2) is 52.3 Å². The number of benzene rings is 2. The van der Waals surface area contributed by atoms with Gasteiger partial charge in [0, 0.05) is 38.9 Å². The Morgan fingerprint density at radius 1 is 1.09 bits per heavy atom. The summed E-state index contributed by atoms with van der Waals surface area (Å²) >= 11 is 9.10. The summed E-state index contributed by atoms with van der Waals surface area (Å²) < 4.78 is 19.3. The molecule has 10 nitrogen and oxygen atoms in total. The predicted octanol–water partition coefficient (Wildman–Crippen LogP) is 4.19. The first-order chi connectivity index (χ1) is 21.1. The van der Waals surface area contributed by atoms with Gasteiger partial charge in [-0.25, -0.2) is 4.39 Å². The van der Waals surface area contributed by atoms with E-state index in [4.69, 9.17) is 21.4 Å². The molecule has 6 unspecified atom stereocenters. The van der Waals surface area contributed by atoms with Crippen molar-refractivity contribution in [3.8, 4) is 5.75 Å². The van der Waals surface area contributed by atoms with E-state index in [0.717, 1.165) is 21.1 Å². The largest absolute Gasteiger partial charge is 0.483 e. The maximum absolute atomic E-state index is 13.6. The van der Waals surface area contributed by atoms with Gasteiger partial charge in [-0.2, -0.15) is 0 Å². The molecule has 2 aromatic carbocycles. The Hall–Kier alpha value is -3.68. The van der Waals surface area contributed by atoms with Crippen LogP contribution in [0.4, 0.5) is 10.1 Å². The number of carbonyl (C=O) groups excluding carboxylic acids is 3. The fourth-order valence-corrected chi connectivity index (χ4v) is 10.7. The zero-order valence-corrected chi connectivity index (χ0v) is 25.2. The van der Waals surface area contributed by atoms with Gasteiger partial charge in [0.2, 0.25) is 11.8 Å². The first-order valence-corrected chi connectivity index (χ1v) is 16.1. The number of aromatic nitrogens is 1. The molecule has 228 valence electrons. The molecular formula is C30H25ClFN3O7S2. The minimum absolute atomic E-state index is 0.0891. The normalized spacial score (nSPS) is 28.0. The number of aromatic amines is 1. The standard InChI is InChI=1S/C30H25ClFN3O7S2/c31-12-1-6-18(42-11-19(36)33-14-4-2-13(32)3-5-14)15(9-12)21-22-16-10-17(25(22)43-27-26(21)44-30(41)34-27)24-23(16)28(39)35(29(24)40)8-7-20(37)38/h1-6,9,16-17,21-25H,7-8,10-11H2,(H,33,36)(H,34,41)(H,37,38)/t16?,17?,21-,22?,23?,24?,25?/m1/s1. The second-order valence-electron chi connectivity index (χ2n) is 11.5. The number of carboxylic acids is 1. The van der Waals surface area contributed by atoms with Gasteiger partial charge >= 0.3 is 10.8 Å². The summed E-state index contributed by atoms with van der Waals surface area (Å²) in [4.78, 5) is 68.1. The Balaban J connectivity index is 1.21. The van der Waals surface area contributed by atoms with Crippen molar-refractivity contribution in [2.45, 2.75) is 29.0 Å². The number of amides is 3. The lowest BCUT2D eigenvalue weighted by molar-refractivity contribution is -0.142. The van der Waals surface area contributed by atoms with E-state index in [9.17, 15) is 28.4 Å². The average molecular weight is 658 g/mol. The maximum atomic E-state index is 13.6. The SMILES string of the molecule is O=C(O)CCN1C(=O)C2C3CC(C2C1=O)C1C3Sc2[nH]c(=O)sc2[C@@H]1c1cc(Cl)ccc1OCC(=O)Nc1ccc(F)cc1. The van der Waals surface area contributed by atoms with E-state index < -0.39 is 35.4 Å². The molecule has 7 atom stereocenters. The van der Waals surface area contributed by atoms with Crippen LogP contribution in [0.2, 0.25) is 5.02 Å². The van der Waals surface area contributed by atoms with Crippen molar-refractivity contribution in [2.75, 3.05) is 18.5 Å². The predicted molar refractivity (Wildman–Crippen MR) is 159 cm³/mol. The molecule has 3 heterocycles. The average Bonchev–Trinajstić information content (AvgIpc) is 3.71. The van der Waals surface area contributed by atoms with Crippen molar-refractivity contribution in [3.63, 3.8) is 0 Å².